The van der Waals surface area contributed by atoms with Crippen LogP contribution in [0.1, 0.15) is 32.6 Å². The predicted molar refractivity (Wildman–Crippen MR) is 58.9 cm³/mol. The molecule has 1 aromatic rings. The van der Waals surface area contributed by atoms with Gasteiger partial charge in [0.2, 0.25) is 0 Å². The molecule has 1 atom stereocenters. The van der Waals surface area contributed by atoms with E-state index in [0.717, 1.165) is 0 Å². The summed E-state index contributed by atoms with van der Waals surface area (Å²) >= 11 is 5.95. The predicted octanol–water partition coefficient (Wildman–Crippen LogP) is 1.92. The van der Waals surface area contributed by atoms with Gasteiger partial charge in [-0.2, -0.15) is 5.10 Å². The fourth-order valence-corrected chi connectivity index (χ4v) is 1.78. The van der Waals surface area contributed by atoms with Crippen molar-refractivity contribution in [1.29, 1.82) is 0 Å². The Bertz CT molecular complexity index is 317. The zero-order chi connectivity index (χ0) is 11.6. The fourth-order valence-electron chi connectivity index (χ4n) is 1.51. The van der Waals surface area contributed by atoms with E-state index < -0.39 is 11.7 Å². The topological polar surface area (TPSA) is 47.3 Å². The van der Waals surface area contributed by atoms with E-state index in [1.54, 1.807) is 11.7 Å². The minimum atomic E-state index is -0.794. The molecule has 0 saturated carbocycles. The quantitative estimate of drug-likeness (QED) is 0.863. The molecule has 1 rings (SSSR count). The molecular formula is C10H17ClN2O2. The largest absolute Gasteiger partial charge is 0.384 e. The van der Waals surface area contributed by atoms with Crippen LogP contribution in [0.4, 0.5) is 0 Å². The van der Waals surface area contributed by atoms with Gasteiger partial charge in [-0.05, 0) is 20.8 Å². The van der Waals surface area contributed by atoms with E-state index >= 15 is 0 Å². The normalized spacial score (nSPS) is 14.3. The van der Waals surface area contributed by atoms with Crippen LogP contribution in [0.2, 0.25) is 5.02 Å². The Balaban J connectivity index is 2.98. The minimum Gasteiger partial charge on any atom is -0.384 e. The highest BCUT2D eigenvalue weighted by Gasteiger charge is 2.33. The van der Waals surface area contributed by atoms with E-state index in [0.29, 0.717) is 17.3 Å². The molecule has 0 aromatic carbocycles. The number of aryl methyl sites for hydroxylation is 1. The second kappa shape index (κ2) is 4.51. The van der Waals surface area contributed by atoms with Gasteiger partial charge in [0.05, 0.1) is 22.5 Å². The lowest BCUT2D eigenvalue weighted by molar-refractivity contribution is -0.101. The van der Waals surface area contributed by atoms with E-state index in [1.165, 1.54) is 6.20 Å². The third kappa shape index (κ3) is 2.51. The van der Waals surface area contributed by atoms with Gasteiger partial charge in [-0.3, -0.25) is 4.68 Å². The second-order valence-corrected chi connectivity index (χ2v) is 4.35. The highest BCUT2D eigenvalue weighted by atomic mass is 35.5. The van der Waals surface area contributed by atoms with Gasteiger partial charge in [0, 0.05) is 13.7 Å². The molecular weight excluding hydrogens is 216 g/mol. The van der Waals surface area contributed by atoms with Crippen LogP contribution in [0, 0.1) is 0 Å². The molecule has 0 amide bonds. The zero-order valence-corrected chi connectivity index (χ0v) is 10.2. The van der Waals surface area contributed by atoms with Gasteiger partial charge < -0.3 is 9.84 Å². The molecule has 1 aromatic heterocycles. The van der Waals surface area contributed by atoms with Gasteiger partial charge in [-0.1, -0.05) is 11.6 Å². The Labute approximate surface area is 94.8 Å². The van der Waals surface area contributed by atoms with Crippen molar-refractivity contribution in [3.8, 4) is 0 Å². The van der Waals surface area contributed by atoms with E-state index in [1.807, 2.05) is 20.8 Å². The van der Waals surface area contributed by atoms with Crippen molar-refractivity contribution in [2.24, 2.45) is 7.05 Å². The van der Waals surface area contributed by atoms with E-state index in [-0.39, 0.29) is 0 Å². The summed E-state index contributed by atoms with van der Waals surface area (Å²) in [5.41, 5.74) is -0.0956. The van der Waals surface area contributed by atoms with Gasteiger partial charge in [0.25, 0.3) is 0 Å². The van der Waals surface area contributed by atoms with E-state index in [4.69, 9.17) is 16.3 Å². The van der Waals surface area contributed by atoms with Gasteiger partial charge in [-0.15, -0.1) is 0 Å². The number of aromatic nitrogens is 2. The Morgan fingerprint density at radius 3 is 2.67 bits per heavy atom. The molecule has 5 heteroatoms. The average molecular weight is 233 g/mol. The van der Waals surface area contributed by atoms with Crippen LogP contribution in [-0.4, -0.2) is 27.1 Å². The van der Waals surface area contributed by atoms with Gasteiger partial charge in [0.15, 0.2) is 0 Å². The Morgan fingerprint density at radius 2 is 2.27 bits per heavy atom. The lowest BCUT2D eigenvalue weighted by Gasteiger charge is -2.30. The SMILES string of the molecule is CCOC(C)(C)C(O)c1c(Cl)cnn1C. The number of hydrogen-bond donors (Lipinski definition) is 1. The number of ether oxygens (including phenoxy) is 1. The summed E-state index contributed by atoms with van der Waals surface area (Å²) in [4.78, 5) is 0. The molecule has 0 aliphatic rings. The van der Waals surface area contributed by atoms with Crippen LogP contribution in [0.5, 0.6) is 0 Å². The molecule has 4 nitrogen and oxygen atoms in total. The summed E-state index contributed by atoms with van der Waals surface area (Å²) in [6.45, 7) is 6.08. The molecule has 1 unspecified atom stereocenters. The van der Waals surface area contributed by atoms with Crippen molar-refractivity contribution in [1.82, 2.24) is 9.78 Å². The maximum Gasteiger partial charge on any atom is 0.125 e. The third-order valence-electron chi connectivity index (χ3n) is 2.37. The number of hydrogen-bond acceptors (Lipinski definition) is 3. The highest BCUT2D eigenvalue weighted by Crippen LogP contribution is 2.32. The molecule has 0 saturated heterocycles. The van der Waals surface area contributed by atoms with Crippen LogP contribution in [0.15, 0.2) is 6.20 Å². The number of rotatable bonds is 4. The number of nitrogens with zero attached hydrogens (tertiary/aromatic N) is 2. The first-order valence-electron chi connectivity index (χ1n) is 4.89. The molecule has 0 radical (unpaired) electrons. The summed E-state index contributed by atoms with van der Waals surface area (Å²) in [6, 6.07) is 0. The van der Waals surface area contributed by atoms with Gasteiger partial charge in [0.1, 0.15) is 6.10 Å². The first-order valence-corrected chi connectivity index (χ1v) is 5.27. The summed E-state index contributed by atoms with van der Waals surface area (Å²) in [6.07, 6.45) is 0.722. The molecule has 0 aliphatic heterocycles. The molecule has 0 bridgehead atoms. The number of halogens is 1. The Morgan fingerprint density at radius 1 is 1.67 bits per heavy atom. The van der Waals surface area contributed by atoms with Crippen molar-refractivity contribution in [2.45, 2.75) is 32.5 Å². The number of aliphatic hydroxyl groups is 1. The molecule has 86 valence electrons. The summed E-state index contributed by atoms with van der Waals surface area (Å²) in [5, 5.41) is 14.6. The van der Waals surface area contributed by atoms with Crippen molar-refractivity contribution in [2.75, 3.05) is 6.61 Å². The van der Waals surface area contributed by atoms with Crippen LogP contribution < -0.4 is 0 Å². The second-order valence-electron chi connectivity index (χ2n) is 3.94. The standard InChI is InChI=1S/C10H17ClN2O2/c1-5-15-10(2,3)9(14)8-7(11)6-12-13(8)4/h6,9,14H,5H2,1-4H3. The van der Waals surface area contributed by atoms with Gasteiger partial charge in [-0.25, -0.2) is 0 Å². The van der Waals surface area contributed by atoms with Crippen LogP contribution in [0.3, 0.4) is 0 Å². The van der Waals surface area contributed by atoms with Gasteiger partial charge >= 0.3 is 0 Å². The van der Waals surface area contributed by atoms with E-state index in [9.17, 15) is 5.11 Å². The molecule has 0 spiro atoms. The van der Waals surface area contributed by atoms with Crippen molar-refractivity contribution in [3.05, 3.63) is 16.9 Å². The highest BCUT2D eigenvalue weighted by molar-refractivity contribution is 6.31. The van der Waals surface area contributed by atoms with Crippen LogP contribution in [0.25, 0.3) is 0 Å². The monoisotopic (exact) mass is 232 g/mol. The maximum atomic E-state index is 10.2. The maximum absolute atomic E-state index is 10.2. The summed E-state index contributed by atoms with van der Waals surface area (Å²) in [7, 11) is 1.74. The Hall–Kier alpha value is -0.580. The summed E-state index contributed by atoms with van der Waals surface area (Å²) < 4.78 is 7.04. The Kier molecular flexibility index (Phi) is 3.76. The molecule has 0 fully saturated rings. The molecule has 0 aliphatic carbocycles. The zero-order valence-electron chi connectivity index (χ0n) is 9.49. The molecule has 15 heavy (non-hydrogen) atoms. The average Bonchev–Trinajstić information content (AvgIpc) is 2.45. The lowest BCUT2D eigenvalue weighted by Crippen LogP contribution is -2.34. The minimum absolute atomic E-state index is 0.456. The fraction of sp³-hybridized carbons (Fsp3) is 0.700. The first-order chi connectivity index (χ1) is 6.90. The smallest absolute Gasteiger partial charge is 0.125 e. The molecule has 1 N–H and O–H groups in total. The third-order valence-corrected chi connectivity index (χ3v) is 2.66. The van der Waals surface area contributed by atoms with E-state index in [2.05, 4.69) is 5.10 Å². The summed E-state index contributed by atoms with van der Waals surface area (Å²) in [5.74, 6) is 0. The van der Waals surface area contributed by atoms with Crippen molar-refractivity contribution < 1.29 is 9.84 Å². The lowest BCUT2D eigenvalue weighted by atomic mass is 9.98. The molecule has 1 heterocycles. The first kappa shape index (κ1) is 12.5. The van der Waals surface area contributed by atoms with Crippen LogP contribution in [-0.2, 0) is 11.8 Å². The van der Waals surface area contributed by atoms with Crippen LogP contribution >= 0.6 is 11.6 Å². The number of aliphatic hydroxyl groups excluding tert-OH is 1. The van der Waals surface area contributed by atoms with Crippen molar-refractivity contribution >= 4 is 11.6 Å². The van der Waals surface area contributed by atoms with Crippen molar-refractivity contribution in [3.63, 3.8) is 0 Å².